The Bertz CT molecular complexity index is 306. The molecule has 0 saturated heterocycles. The number of carbonyl (C=O) groups excluding carboxylic acids is 1. The summed E-state index contributed by atoms with van der Waals surface area (Å²) < 4.78 is 0. The van der Waals surface area contributed by atoms with E-state index >= 15 is 0 Å². The molecule has 0 aromatic rings. The first kappa shape index (κ1) is 6.40. The van der Waals surface area contributed by atoms with Crippen LogP contribution in [0, 0.1) is 0 Å². The summed E-state index contributed by atoms with van der Waals surface area (Å²) in [5.74, 6) is 0.0917. The van der Waals surface area contributed by atoms with Gasteiger partial charge in [-0.2, -0.15) is 0 Å². The fraction of sp³-hybridized carbons (Fsp3) is 0.222. The number of rotatable bonds is 0. The lowest BCUT2D eigenvalue weighted by molar-refractivity contribution is -0.111. The highest BCUT2D eigenvalue weighted by Gasteiger charge is 2.25. The molecular formula is C9H8O2. The first-order valence-corrected chi connectivity index (χ1v) is 3.64. The zero-order chi connectivity index (χ0) is 7.84. The van der Waals surface area contributed by atoms with Gasteiger partial charge in [-0.3, -0.25) is 4.79 Å². The fourth-order valence-electron chi connectivity index (χ4n) is 1.39. The van der Waals surface area contributed by atoms with Crippen LogP contribution >= 0.6 is 0 Å². The second kappa shape index (κ2) is 2.09. The predicted octanol–water partition coefficient (Wildman–Crippen LogP) is 1.66. The fourth-order valence-corrected chi connectivity index (χ4v) is 1.39. The van der Waals surface area contributed by atoms with Crippen molar-refractivity contribution in [1.29, 1.82) is 0 Å². The van der Waals surface area contributed by atoms with Crippen molar-refractivity contribution >= 4 is 5.78 Å². The molecule has 0 aliphatic heterocycles. The van der Waals surface area contributed by atoms with Crippen LogP contribution in [-0.2, 0) is 4.79 Å². The maximum Gasteiger partial charge on any atom is 0.189 e. The van der Waals surface area contributed by atoms with Crippen LogP contribution in [0.4, 0.5) is 0 Å². The Morgan fingerprint density at radius 1 is 1.45 bits per heavy atom. The summed E-state index contributed by atoms with van der Waals surface area (Å²) in [7, 11) is 0. The van der Waals surface area contributed by atoms with E-state index < -0.39 is 0 Å². The van der Waals surface area contributed by atoms with Crippen LogP contribution in [0.1, 0.15) is 12.8 Å². The van der Waals surface area contributed by atoms with Gasteiger partial charge in [-0.05, 0) is 30.6 Å². The third kappa shape index (κ3) is 0.827. The predicted molar refractivity (Wildman–Crippen MR) is 41.1 cm³/mol. The van der Waals surface area contributed by atoms with Gasteiger partial charge in [0.05, 0.1) is 5.57 Å². The standard InChI is InChI=1S/C9H8O2/c10-7-4-2-1-3-6-5-8(11)9(6)7/h2,4-5,11H,1,3H2. The molecule has 0 unspecified atom stereocenters. The quantitative estimate of drug-likeness (QED) is 0.567. The molecule has 0 amide bonds. The zero-order valence-electron chi connectivity index (χ0n) is 6.00. The lowest BCUT2D eigenvalue weighted by atomic mass is 9.90. The first-order valence-electron chi connectivity index (χ1n) is 3.64. The molecule has 0 aromatic heterocycles. The van der Waals surface area contributed by atoms with E-state index in [1.807, 2.05) is 6.08 Å². The molecule has 2 heteroatoms. The minimum atomic E-state index is -0.0579. The normalized spacial score (nSPS) is 22.2. The minimum absolute atomic E-state index is 0.0579. The highest BCUT2D eigenvalue weighted by Crippen LogP contribution is 2.32. The van der Waals surface area contributed by atoms with E-state index in [-0.39, 0.29) is 11.5 Å². The van der Waals surface area contributed by atoms with Crippen molar-refractivity contribution in [2.45, 2.75) is 12.8 Å². The Morgan fingerprint density at radius 2 is 2.27 bits per heavy atom. The van der Waals surface area contributed by atoms with Crippen molar-refractivity contribution in [3.8, 4) is 0 Å². The molecule has 0 heterocycles. The van der Waals surface area contributed by atoms with E-state index in [1.165, 1.54) is 6.08 Å². The summed E-state index contributed by atoms with van der Waals surface area (Å²) in [6.45, 7) is 0. The molecule has 2 nitrogen and oxygen atoms in total. The number of hydrogen-bond acceptors (Lipinski definition) is 2. The van der Waals surface area contributed by atoms with Crippen LogP contribution in [0.2, 0.25) is 0 Å². The van der Waals surface area contributed by atoms with E-state index in [4.69, 9.17) is 5.11 Å². The van der Waals surface area contributed by atoms with Gasteiger partial charge in [0.2, 0.25) is 0 Å². The molecule has 0 bridgehead atoms. The van der Waals surface area contributed by atoms with Gasteiger partial charge in [0.15, 0.2) is 5.78 Å². The summed E-state index contributed by atoms with van der Waals surface area (Å²) in [5.41, 5.74) is 1.52. The monoisotopic (exact) mass is 148 g/mol. The van der Waals surface area contributed by atoms with Gasteiger partial charge in [0.25, 0.3) is 0 Å². The lowest BCUT2D eigenvalue weighted by Gasteiger charge is -2.15. The van der Waals surface area contributed by atoms with Crippen molar-refractivity contribution in [2.75, 3.05) is 0 Å². The summed E-state index contributed by atoms with van der Waals surface area (Å²) in [6, 6.07) is 0. The van der Waals surface area contributed by atoms with Gasteiger partial charge in [-0.15, -0.1) is 0 Å². The third-order valence-electron chi connectivity index (χ3n) is 1.98. The third-order valence-corrected chi connectivity index (χ3v) is 1.98. The van der Waals surface area contributed by atoms with Crippen molar-refractivity contribution in [2.24, 2.45) is 0 Å². The Balaban J connectivity index is 2.37. The Morgan fingerprint density at radius 3 is 3.00 bits per heavy atom. The zero-order valence-corrected chi connectivity index (χ0v) is 6.00. The van der Waals surface area contributed by atoms with Gasteiger partial charge in [-0.25, -0.2) is 0 Å². The van der Waals surface area contributed by atoms with Crippen LogP contribution in [-0.4, -0.2) is 10.9 Å². The van der Waals surface area contributed by atoms with Gasteiger partial charge in [0.1, 0.15) is 5.76 Å². The number of carbonyl (C=O) groups is 1. The van der Waals surface area contributed by atoms with E-state index in [0.717, 1.165) is 18.4 Å². The van der Waals surface area contributed by atoms with E-state index in [9.17, 15) is 4.79 Å². The summed E-state index contributed by atoms with van der Waals surface area (Å²) >= 11 is 0. The number of aliphatic hydroxyl groups excluding tert-OH is 1. The number of allylic oxidation sites excluding steroid dienone is 5. The van der Waals surface area contributed by atoms with Crippen LogP contribution in [0.25, 0.3) is 0 Å². The number of aliphatic hydroxyl groups is 1. The Labute approximate surface area is 64.5 Å². The molecule has 2 aliphatic rings. The molecular weight excluding hydrogens is 140 g/mol. The summed E-state index contributed by atoms with van der Waals surface area (Å²) in [4.78, 5) is 11.1. The molecule has 2 aliphatic carbocycles. The van der Waals surface area contributed by atoms with Crippen molar-refractivity contribution in [1.82, 2.24) is 0 Å². The van der Waals surface area contributed by atoms with Crippen LogP contribution in [0.15, 0.2) is 35.1 Å². The van der Waals surface area contributed by atoms with E-state index in [1.54, 1.807) is 6.08 Å². The van der Waals surface area contributed by atoms with Gasteiger partial charge >= 0.3 is 0 Å². The number of hydrogen-bond donors (Lipinski definition) is 1. The molecule has 0 spiro atoms. The smallest absolute Gasteiger partial charge is 0.189 e. The van der Waals surface area contributed by atoms with Crippen molar-refractivity contribution < 1.29 is 9.90 Å². The molecule has 11 heavy (non-hydrogen) atoms. The van der Waals surface area contributed by atoms with E-state index in [0.29, 0.717) is 5.57 Å². The molecule has 0 radical (unpaired) electrons. The molecule has 2 rings (SSSR count). The first-order chi connectivity index (χ1) is 5.29. The molecule has 56 valence electrons. The average molecular weight is 148 g/mol. The van der Waals surface area contributed by atoms with Crippen LogP contribution < -0.4 is 0 Å². The number of ketones is 1. The minimum Gasteiger partial charge on any atom is -0.507 e. The Hall–Kier alpha value is -1.31. The Kier molecular flexibility index (Phi) is 1.22. The second-order valence-corrected chi connectivity index (χ2v) is 2.74. The largest absolute Gasteiger partial charge is 0.507 e. The lowest BCUT2D eigenvalue weighted by Crippen LogP contribution is -2.10. The van der Waals surface area contributed by atoms with Gasteiger partial charge in [0, 0.05) is 0 Å². The van der Waals surface area contributed by atoms with E-state index in [2.05, 4.69) is 0 Å². The molecule has 0 atom stereocenters. The summed E-state index contributed by atoms with van der Waals surface area (Å²) in [6.07, 6.45) is 6.82. The molecule has 1 N–H and O–H groups in total. The summed E-state index contributed by atoms with van der Waals surface area (Å²) in [5, 5.41) is 9.09. The van der Waals surface area contributed by atoms with Crippen LogP contribution in [0.3, 0.4) is 0 Å². The van der Waals surface area contributed by atoms with Crippen LogP contribution in [0.5, 0.6) is 0 Å². The van der Waals surface area contributed by atoms with Crippen molar-refractivity contribution in [3.63, 3.8) is 0 Å². The maximum absolute atomic E-state index is 11.1. The average Bonchev–Trinajstić information content (AvgIpc) is 2.07. The van der Waals surface area contributed by atoms with Gasteiger partial charge < -0.3 is 5.11 Å². The number of fused-ring (bicyclic) bond motifs is 1. The highest BCUT2D eigenvalue weighted by atomic mass is 16.3. The highest BCUT2D eigenvalue weighted by molar-refractivity contribution is 6.10. The molecule has 0 aromatic carbocycles. The SMILES string of the molecule is O=C1C=CCCC2=CC(O)=C12. The maximum atomic E-state index is 11.1. The second-order valence-electron chi connectivity index (χ2n) is 2.74. The molecule has 0 fully saturated rings. The molecule has 0 saturated carbocycles. The van der Waals surface area contributed by atoms with Crippen molar-refractivity contribution in [3.05, 3.63) is 35.1 Å². The topological polar surface area (TPSA) is 37.3 Å². The van der Waals surface area contributed by atoms with Gasteiger partial charge in [-0.1, -0.05) is 6.08 Å².